The molecule has 1 aliphatic carbocycles. The summed E-state index contributed by atoms with van der Waals surface area (Å²) in [6, 6.07) is 9.19. The first-order valence-corrected chi connectivity index (χ1v) is 9.08. The van der Waals surface area contributed by atoms with E-state index < -0.39 is 0 Å². The third-order valence-corrected chi connectivity index (χ3v) is 5.34. The Bertz CT molecular complexity index is 614. The van der Waals surface area contributed by atoms with Crippen LogP contribution in [0.4, 0.5) is 0 Å². The van der Waals surface area contributed by atoms with Crippen LogP contribution in [0.25, 0.3) is 11.0 Å². The van der Waals surface area contributed by atoms with Crippen molar-refractivity contribution in [1.82, 2.24) is 10.2 Å². The molecule has 3 nitrogen and oxygen atoms in total. The van der Waals surface area contributed by atoms with Crippen molar-refractivity contribution in [1.29, 1.82) is 0 Å². The first-order chi connectivity index (χ1) is 10.4. The number of hydrogen-bond acceptors (Lipinski definition) is 4. The number of benzene rings is 1. The highest BCUT2D eigenvalue weighted by Gasteiger charge is 2.23. The van der Waals surface area contributed by atoms with Gasteiger partial charge in [0.1, 0.15) is 11.3 Å². The summed E-state index contributed by atoms with van der Waals surface area (Å²) in [6.07, 6.45) is 2.64. The quantitative estimate of drug-likeness (QED) is 0.918. The molecule has 2 heterocycles. The highest BCUT2D eigenvalue weighted by atomic mass is 32.2. The van der Waals surface area contributed by atoms with E-state index in [4.69, 9.17) is 4.42 Å². The van der Waals surface area contributed by atoms with Crippen LogP contribution in [0.1, 0.15) is 24.2 Å². The molecule has 2 aromatic rings. The maximum atomic E-state index is 6.12. The molecule has 2 fully saturated rings. The van der Waals surface area contributed by atoms with Gasteiger partial charge >= 0.3 is 0 Å². The minimum atomic E-state index is 0.720. The maximum Gasteiger partial charge on any atom is 0.134 e. The molecule has 112 valence electrons. The number of thioether (sulfide) groups is 1. The summed E-state index contributed by atoms with van der Waals surface area (Å²) in [5.41, 5.74) is 2.43. The smallest absolute Gasteiger partial charge is 0.134 e. The maximum absolute atomic E-state index is 6.12. The molecule has 1 saturated heterocycles. The molecule has 0 radical (unpaired) electrons. The summed E-state index contributed by atoms with van der Waals surface area (Å²) in [7, 11) is 0. The fourth-order valence-corrected chi connectivity index (χ4v) is 3.95. The number of fused-ring (bicyclic) bond motifs is 1. The molecule has 1 aromatic carbocycles. The second kappa shape index (κ2) is 6.03. The van der Waals surface area contributed by atoms with Gasteiger partial charge in [-0.05, 0) is 18.9 Å². The second-order valence-corrected chi connectivity index (χ2v) is 7.27. The van der Waals surface area contributed by atoms with Gasteiger partial charge in [-0.15, -0.1) is 0 Å². The van der Waals surface area contributed by atoms with Gasteiger partial charge in [-0.3, -0.25) is 4.90 Å². The van der Waals surface area contributed by atoms with Crippen LogP contribution >= 0.6 is 11.8 Å². The van der Waals surface area contributed by atoms with Crippen LogP contribution in [0.5, 0.6) is 0 Å². The zero-order valence-corrected chi connectivity index (χ0v) is 13.1. The number of furan rings is 1. The van der Waals surface area contributed by atoms with Gasteiger partial charge in [0.15, 0.2) is 0 Å². The van der Waals surface area contributed by atoms with Crippen molar-refractivity contribution in [3.05, 3.63) is 35.6 Å². The normalized spacial score (nSPS) is 20.2. The number of hydrogen-bond donors (Lipinski definition) is 1. The fourth-order valence-electron chi connectivity index (χ4n) is 2.97. The summed E-state index contributed by atoms with van der Waals surface area (Å²) < 4.78 is 6.12. The van der Waals surface area contributed by atoms with E-state index >= 15 is 0 Å². The molecule has 2 aliphatic rings. The van der Waals surface area contributed by atoms with E-state index in [1.54, 1.807) is 0 Å². The lowest BCUT2D eigenvalue weighted by atomic mass is 10.1. The summed E-state index contributed by atoms with van der Waals surface area (Å²) >= 11 is 2.06. The molecule has 0 atom stereocenters. The molecular weight excluding hydrogens is 280 g/mol. The zero-order chi connectivity index (χ0) is 14.1. The monoisotopic (exact) mass is 302 g/mol. The van der Waals surface area contributed by atoms with Crippen molar-refractivity contribution >= 4 is 22.7 Å². The van der Waals surface area contributed by atoms with Crippen molar-refractivity contribution < 1.29 is 4.42 Å². The standard InChI is InChI=1S/C17H22N2OS/c1-2-4-16-14(3-1)15(12-19-7-9-21-10-8-19)17(20-16)11-18-13-5-6-13/h1-4,13,18H,5-12H2. The minimum Gasteiger partial charge on any atom is -0.459 e. The van der Waals surface area contributed by atoms with E-state index in [1.165, 1.54) is 48.4 Å². The van der Waals surface area contributed by atoms with Crippen LogP contribution in [0, 0.1) is 0 Å². The van der Waals surface area contributed by atoms with Gasteiger partial charge in [-0.25, -0.2) is 0 Å². The molecule has 0 amide bonds. The summed E-state index contributed by atoms with van der Waals surface area (Å²) in [6.45, 7) is 4.29. The van der Waals surface area contributed by atoms with E-state index in [-0.39, 0.29) is 0 Å². The fraction of sp³-hybridized carbons (Fsp3) is 0.529. The second-order valence-electron chi connectivity index (χ2n) is 6.04. The van der Waals surface area contributed by atoms with Crippen molar-refractivity contribution in [2.45, 2.75) is 32.0 Å². The van der Waals surface area contributed by atoms with Crippen molar-refractivity contribution in [3.63, 3.8) is 0 Å². The van der Waals surface area contributed by atoms with Gasteiger partial charge in [-0.2, -0.15) is 11.8 Å². The van der Waals surface area contributed by atoms with Crippen LogP contribution in [-0.2, 0) is 13.1 Å². The van der Waals surface area contributed by atoms with Crippen molar-refractivity contribution in [3.8, 4) is 0 Å². The molecule has 21 heavy (non-hydrogen) atoms. The van der Waals surface area contributed by atoms with Gasteiger partial charge < -0.3 is 9.73 Å². The highest BCUT2D eigenvalue weighted by molar-refractivity contribution is 7.99. The van der Waals surface area contributed by atoms with Crippen LogP contribution in [0.2, 0.25) is 0 Å². The zero-order valence-electron chi connectivity index (χ0n) is 12.3. The van der Waals surface area contributed by atoms with Crippen LogP contribution in [0.3, 0.4) is 0 Å². The van der Waals surface area contributed by atoms with Crippen molar-refractivity contribution in [2.24, 2.45) is 0 Å². The van der Waals surface area contributed by atoms with Crippen LogP contribution in [0.15, 0.2) is 28.7 Å². The van der Waals surface area contributed by atoms with E-state index in [9.17, 15) is 0 Å². The third kappa shape index (κ3) is 3.12. The van der Waals surface area contributed by atoms with E-state index in [1.807, 2.05) is 0 Å². The molecule has 0 bridgehead atoms. The predicted molar refractivity (Wildman–Crippen MR) is 88.7 cm³/mol. The molecule has 1 aliphatic heterocycles. The molecular formula is C17H22N2OS. The Hall–Kier alpha value is -0.970. The molecule has 4 heteroatoms. The average Bonchev–Trinajstić information content (AvgIpc) is 3.30. The molecule has 1 N–H and O–H groups in total. The van der Waals surface area contributed by atoms with E-state index in [0.717, 1.165) is 30.5 Å². The van der Waals surface area contributed by atoms with Gasteiger partial charge in [0.05, 0.1) is 6.54 Å². The van der Waals surface area contributed by atoms with Gasteiger partial charge in [-0.1, -0.05) is 18.2 Å². The largest absolute Gasteiger partial charge is 0.459 e. The average molecular weight is 302 g/mol. The van der Waals surface area contributed by atoms with Gasteiger partial charge in [0.25, 0.3) is 0 Å². The van der Waals surface area contributed by atoms with Crippen molar-refractivity contribution in [2.75, 3.05) is 24.6 Å². The minimum absolute atomic E-state index is 0.720. The van der Waals surface area contributed by atoms with Crippen LogP contribution < -0.4 is 5.32 Å². The summed E-state index contributed by atoms with van der Waals surface area (Å²) in [5.74, 6) is 3.65. The number of nitrogens with zero attached hydrogens (tertiary/aromatic N) is 1. The lowest BCUT2D eigenvalue weighted by Gasteiger charge is -2.26. The van der Waals surface area contributed by atoms with Gasteiger partial charge in [0, 0.05) is 48.1 Å². The summed E-state index contributed by atoms with van der Waals surface area (Å²) in [5, 5.41) is 4.89. The molecule has 0 spiro atoms. The Morgan fingerprint density at radius 2 is 2.00 bits per heavy atom. The van der Waals surface area contributed by atoms with E-state index in [0.29, 0.717) is 0 Å². The Morgan fingerprint density at radius 3 is 2.81 bits per heavy atom. The van der Waals surface area contributed by atoms with E-state index in [2.05, 4.69) is 46.2 Å². The van der Waals surface area contributed by atoms with Crippen LogP contribution in [-0.4, -0.2) is 35.5 Å². The number of nitrogens with one attached hydrogen (secondary N) is 1. The Morgan fingerprint density at radius 1 is 1.19 bits per heavy atom. The molecule has 1 saturated carbocycles. The number of rotatable bonds is 5. The topological polar surface area (TPSA) is 28.4 Å². The third-order valence-electron chi connectivity index (χ3n) is 4.40. The summed E-state index contributed by atoms with van der Waals surface area (Å²) in [4.78, 5) is 2.56. The highest BCUT2D eigenvalue weighted by Crippen LogP contribution is 2.29. The first-order valence-electron chi connectivity index (χ1n) is 7.93. The molecule has 0 unspecified atom stereocenters. The Kier molecular flexibility index (Phi) is 3.93. The lowest BCUT2D eigenvalue weighted by Crippen LogP contribution is -2.32. The number of para-hydroxylation sites is 1. The Labute approximate surface area is 130 Å². The lowest BCUT2D eigenvalue weighted by molar-refractivity contribution is 0.292. The van der Waals surface area contributed by atoms with Gasteiger partial charge in [0.2, 0.25) is 0 Å². The predicted octanol–water partition coefficient (Wildman–Crippen LogP) is 3.23. The first kappa shape index (κ1) is 13.7. The molecule has 1 aromatic heterocycles. The molecule has 4 rings (SSSR count). The SMILES string of the molecule is c1ccc2c(CN3CCSCC3)c(CNC3CC3)oc2c1. The Balaban J connectivity index is 1.60.